The second kappa shape index (κ2) is 5.30. The summed E-state index contributed by atoms with van der Waals surface area (Å²) >= 11 is 0. The van der Waals surface area contributed by atoms with Crippen molar-refractivity contribution in [2.24, 2.45) is 5.92 Å². The lowest BCUT2D eigenvalue weighted by Crippen LogP contribution is -2.54. The van der Waals surface area contributed by atoms with Gasteiger partial charge in [0.05, 0.1) is 0 Å². The van der Waals surface area contributed by atoms with E-state index >= 15 is 0 Å². The molecule has 1 aliphatic carbocycles. The van der Waals surface area contributed by atoms with Gasteiger partial charge in [0, 0.05) is 6.61 Å². The maximum Gasteiger partial charge on any atom is 0.329 e. The van der Waals surface area contributed by atoms with Gasteiger partial charge < -0.3 is 15.2 Å². The average Bonchev–Trinajstić information content (AvgIpc) is 3.00. The number of carbonyl (C=O) groups excluding carboxylic acids is 1. The van der Waals surface area contributed by atoms with Crippen LogP contribution in [0.4, 0.5) is 0 Å². The van der Waals surface area contributed by atoms with Crippen molar-refractivity contribution in [3.05, 3.63) is 0 Å². The van der Waals surface area contributed by atoms with Gasteiger partial charge in [-0.1, -0.05) is 6.92 Å². The van der Waals surface area contributed by atoms with Gasteiger partial charge in [-0.05, 0) is 32.1 Å². The minimum absolute atomic E-state index is 0.0557. The van der Waals surface area contributed by atoms with Crippen molar-refractivity contribution in [3.8, 4) is 0 Å². The van der Waals surface area contributed by atoms with Gasteiger partial charge in [0.25, 0.3) is 0 Å². The van der Waals surface area contributed by atoms with E-state index in [1.807, 2.05) is 6.92 Å². The molecule has 0 bridgehead atoms. The number of hydrogen-bond donors (Lipinski definition) is 2. The molecule has 92 valence electrons. The van der Waals surface area contributed by atoms with E-state index in [0.29, 0.717) is 6.61 Å². The Morgan fingerprint density at radius 3 is 2.56 bits per heavy atom. The van der Waals surface area contributed by atoms with E-state index in [4.69, 9.17) is 9.84 Å². The van der Waals surface area contributed by atoms with Crippen molar-refractivity contribution < 1.29 is 19.4 Å². The fraction of sp³-hybridized carbons (Fsp3) is 0.818. The van der Waals surface area contributed by atoms with Crippen LogP contribution in [0, 0.1) is 5.92 Å². The number of carboxylic acids is 1. The highest BCUT2D eigenvalue weighted by Gasteiger charge is 2.48. The molecule has 0 spiro atoms. The van der Waals surface area contributed by atoms with Gasteiger partial charge in [-0.2, -0.15) is 0 Å². The van der Waals surface area contributed by atoms with Gasteiger partial charge in [0.1, 0.15) is 12.1 Å². The van der Waals surface area contributed by atoms with Gasteiger partial charge in [0.15, 0.2) is 0 Å². The Labute approximate surface area is 95.2 Å². The predicted molar refractivity (Wildman–Crippen MR) is 58.0 cm³/mol. The number of aliphatic carboxylic acids is 1. The smallest absolute Gasteiger partial charge is 0.329 e. The van der Waals surface area contributed by atoms with Crippen LogP contribution in [0.1, 0.15) is 33.1 Å². The first-order valence-electron chi connectivity index (χ1n) is 5.63. The van der Waals surface area contributed by atoms with Crippen molar-refractivity contribution in [2.75, 3.05) is 13.2 Å². The number of nitrogens with one attached hydrogen (secondary N) is 1. The fourth-order valence-corrected chi connectivity index (χ4v) is 1.63. The molecule has 0 aromatic carbocycles. The summed E-state index contributed by atoms with van der Waals surface area (Å²) in [5.41, 5.74) is -1.13. The van der Waals surface area contributed by atoms with Gasteiger partial charge in [0.2, 0.25) is 5.91 Å². The van der Waals surface area contributed by atoms with Crippen molar-refractivity contribution in [1.29, 1.82) is 0 Å². The molecule has 0 heterocycles. The Morgan fingerprint density at radius 1 is 1.50 bits per heavy atom. The first kappa shape index (κ1) is 13.0. The molecule has 5 heteroatoms. The molecule has 2 N–H and O–H groups in total. The third-order valence-corrected chi connectivity index (χ3v) is 2.82. The SMILES string of the molecule is CCCOCC(=O)NC(C)(C(=O)O)C1CC1. The zero-order valence-corrected chi connectivity index (χ0v) is 9.78. The molecular weight excluding hydrogens is 210 g/mol. The molecule has 1 fully saturated rings. The summed E-state index contributed by atoms with van der Waals surface area (Å²) in [5, 5.41) is 11.7. The first-order valence-corrected chi connectivity index (χ1v) is 5.63. The number of ether oxygens (including phenoxy) is 1. The van der Waals surface area contributed by atoms with Crippen molar-refractivity contribution >= 4 is 11.9 Å². The monoisotopic (exact) mass is 229 g/mol. The molecule has 0 aliphatic heterocycles. The van der Waals surface area contributed by atoms with E-state index < -0.39 is 11.5 Å². The van der Waals surface area contributed by atoms with Gasteiger partial charge >= 0.3 is 5.97 Å². The van der Waals surface area contributed by atoms with Crippen LogP contribution in [0.15, 0.2) is 0 Å². The quantitative estimate of drug-likeness (QED) is 0.633. The Hall–Kier alpha value is -1.10. The molecule has 1 rings (SSSR count). The minimum atomic E-state index is -1.13. The van der Waals surface area contributed by atoms with Gasteiger partial charge in [-0.25, -0.2) is 4.79 Å². The van der Waals surface area contributed by atoms with E-state index in [1.165, 1.54) is 0 Å². The summed E-state index contributed by atoms with van der Waals surface area (Å²) in [6, 6.07) is 0. The molecule has 1 saturated carbocycles. The Balaban J connectivity index is 2.43. The van der Waals surface area contributed by atoms with Crippen LogP contribution in [0.5, 0.6) is 0 Å². The normalized spacial score (nSPS) is 18.9. The van der Waals surface area contributed by atoms with E-state index in [9.17, 15) is 9.59 Å². The van der Waals surface area contributed by atoms with Crippen LogP contribution in [0.3, 0.4) is 0 Å². The predicted octanol–water partition coefficient (Wildman–Crippen LogP) is 0.782. The van der Waals surface area contributed by atoms with Crippen molar-refractivity contribution in [3.63, 3.8) is 0 Å². The molecular formula is C11H19NO4. The van der Waals surface area contributed by atoms with E-state index in [2.05, 4.69) is 5.32 Å². The highest BCUT2D eigenvalue weighted by molar-refractivity contribution is 5.87. The molecule has 1 amide bonds. The topological polar surface area (TPSA) is 75.6 Å². The minimum Gasteiger partial charge on any atom is -0.480 e. The number of carbonyl (C=O) groups is 2. The van der Waals surface area contributed by atoms with Crippen molar-refractivity contribution in [1.82, 2.24) is 5.32 Å². The van der Waals surface area contributed by atoms with Crippen molar-refractivity contribution in [2.45, 2.75) is 38.6 Å². The first-order chi connectivity index (χ1) is 7.50. The molecule has 0 saturated heterocycles. The second-order valence-corrected chi connectivity index (χ2v) is 4.38. The Morgan fingerprint density at radius 2 is 2.12 bits per heavy atom. The highest BCUT2D eigenvalue weighted by atomic mass is 16.5. The maximum absolute atomic E-state index is 11.5. The summed E-state index contributed by atoms with van der Waals surface area (Å²) < 4.78 is 5.07. The van der Waals surface area contributed by atoms with Crippen LogP contribution in [0.2, 0.25) is 0 Å². The van der Waals surface area contributed by atoms with Crippen LogP contribution < -0.4 is 5.32 Å². The number of carboxylic acid groups (broad SMARTS) is 1. The third-order valence-electron chi connectivity index (χ3n) is 2.82. The summed E-state index contributed by atoms with van der Waals surface area (Å²) in [4.78, 5) is 22.6. The van der Waals surface area contributed by atoms with Crippen LogP contribution in [-0.2, 0) is 14.3 Å². The second-order valence-electron chi connectivity index (χ2n) is 4.38. The molecule has 0 aromatic rings. The summed E-state index contributed by atoms with van der Waals surface area (Å²) in [6.45, 7) is 3.96. The summed E-state index contributed by atoms with van der Waals surface area (Å²) in [7, 11) is 0. The number of amides is 1. The Bertz CT molecular complexity index is 275. The lowest BCUT2D eigenvalue weighted by molar-refractivity contribution is -0.148. The molecule has 16 heavy (non-hydrogen) atoms. The van der Waals surface area contributed by atoms with Gasteiger partial charge in [-0.3, -0.25) is 4.79 Å². The number of rotatable bonds is 7. The Kier molecular flexibility index (Phi) is 4.29. The summed E-state index contributed by atoms with van der Waals surface area (Å²) in [6.07, 6.45) is 2.56. The van der Waals surface area contributed by atoms with Crippen LogP contribution in [0.25, 0.3) is 0 Å². The highest BCUT2D eigenvalue weighted by Crippen LogP contribution is 2.39. The lowest BCUT2D eigenvalue weighted by Gasteiger charge is -2.26. The molecule has 0 radical (unpaired) electrons. The molecule has 0 aromatic heterocycles. The number of hydrogen-bond acceptors (Lipinski definition) is 3. The largest absolute Gasteiger partial charge is 0.480 e. The van der Waals surface area contributed by atoms with Crippen LogP contribution >= 0.6 is 0 Å². The average molecular weight is 229 g/mol. The molecule has 1 unspecified atom stereocenters. The van der Waals surface area contributed by atoms with E-state index in [0.717, 1.165) is 19.3 Å². The molecule has 1 aliphatic rings. The van der Waals surface area contributed by atoms with Crippen LogP contribution in [-0.4, -0.2) is 35.7 Å². The molecule has 1 atom stereocenters. The lowest BCUT2D eigenvalue weighted by atomic mass is 9.96. The van der Waals surface area contributed by atoms with Gasteiger partial charge in [-0.15, -0.1) is 0 Å². The summed E-state index contributed by atoms with van der Waals surface area (Å²) in [5.74, 6) is -1.27. The maximum atomic E-state index is 11.5. The van der Waals surface area contributed by atoms with E-state index in [-0.39, 0.29) is 18.4 Å². The zero-order chi connectivity index (χ0) is 12.2. The zero-order valence-electron chi connectivity index (χ0n) is 9.78. The van der Waals surface area contributed by atoms with E-state index in [1.54, 1.807) is 6.92 Å². The standard InChI is InChI=1S/C11H19NO4/c1-3-6-16-7-9(13)12-11(2,10(14)15)8-4-5-8/h8H,3-7H2,1-2H3,(H,12,13)(H,14,15). The fourth-order valence-electron chi connectivity index (χ4n) is 1.63. The third kappa shape index (κ3) is 3.20. The molecule has 5 nitrogen and oxygen atoms in total.